The summed E-state index contributed by atoms with van der Waals surface area (Å²) in [7, 11) is 1.08. The van der Waals surface area contributed by atoms with Gasteiger partial charge < -0.3 is 9.84 Å². The van der Waals surface area contributed by atoms with Crippen LogP contribution in [0.3, 0.4) is 0 Å². The summed E-state index contributed by atoms with van der Waals surface area (Å²) >= 11 is 0. The zero-order valence-electron chi connectivity index (χ0n) is 8.54. The summed E-state index contributed by atoms with van der Waals surface area (Å²) in [5.74, 6) is -2.81. The summed E-state index contributed by atoms with van der Waals surface area (Å²) in [5.41, 5.74) is -1.04. The molecular formula is C11H10F2O3. The second kappa shape index (κ2) is 4.85. The Bertz CT molecular complexity index is 409. The van der Waals surface area contributed by atoms with E-state index in [4.69, 9.17) is 0 Å². The van der Waals surface area contributed by atoms with Crippen LogP contribution in [0.5, 0.6) is 0 Å². The summed E-state index contributed by atoms with van der Waals surface area (Å²) < 4.78 is 30.8. The van der Waals surface area contributed by atoms with Gasteiger partial charge in [0.15, 0.2) is 0 Å². The van der Waals surface area contributed by atoms with Crippen molar-refractivity contribution in [3.8, 4) is 0 Å². The van der Waals surface area contributed by atoms with Gasteiger partial charge in [-0.3, -0.25) is 0 Å². The molecule has 16 heavy (non-hydrogen) atoms. The van der Waals surface area contributed by atoms with E-state index in [0.29, 0.717) is 0 Å². The van der Waals surface area contributed by atoms with Crippen molar-refractivity contribution >= 4 is 5.97 Å². The van der Waals surface area contributed by atoms with Gasteiger partial charge in [0.05, 0.1) is 18.2 Å². The van der Waals surface area contributed by atoms with Gasteiger partial charge in [0.1, 0.15) is 17.7 Å². The molecule has 0 spiro atoms. The number of esters is 1. The molecule has 0 aromatic heterocycles. The van der Waals surface area contributed by atoms with Crippen molar-refractivity contribution in [2.24, 2.45) is 0 Å². The summed E-state index contributed by atoms with van der Waals surface area (Å²) in [4.78, 5) is 11.0. The van der Waals surface area contributed by atoms with Crippen molar-refractivity contribution < 1.29 is 23.4 Å². The summed E-state index contributed by atoms with van der Waals surface area (Å²) in [5, 5.41) is 9.57. The van der Waals surface area contributed by atoms with Crippen molar-refractivity contribution in [2.45, 2.75) is 6.10 Å². The van der Waals surface area contributed by atoms with E-state index in [2.05, 4.69) is 11.3 Å². The lowest BCUT2D eigenvalue weighted by molar-refractivity contribution is -0.137. The highest BCUT2D eigenvalue weighted by Gasteiger charge is 2.24. The Morgan fingerprint density at radius 3 is 2.38 bits per heavy atom. The van der Waals surface area contributed by atoms with E-state index >= 15 is 0 Å². The highest BCUT2D eigenvalue weighted by atomic mass is 19.1. The minimum Gasteiger partial charge on any atom is -0.466 e. The van der Waals surface area contributed by atoms with E-state index in [0.717, 1.165) is 25.3 Å². The van der Waals surface area contributed by atoms with Crippen molar-refractivity contribution in [2.75, 3.05) is 7.11 Å². The van der Waals surface area contributed by atoms with Gasteiger partial charge in [0.2, 0.25) is 0 Å². The summed E-state index contributed by atoms with van der Waals surface area (Å²) in [6.45, 7) is 3.23. The normalized spacial score (nSPS) is 12.0. The molecule has 1 N–H and O–H groups in total. The Balaban J connectivity index is 3.10. The van der Waals surface area contributed by atoms with Gasteiger partial charge in [0.25, 0.3) is 0 Å². The lowest BCUT2D eigenvalue weighted by Gasteiger charge is -2.13. The quantitative estimate of drug-likeness (QED) is 0.633. The van der Waals surface area contributed by atoms with Crippen LogP contribution in [0.1, 0.15) is 11.7 Å². The Morgan fingerprint density at radius 2 is 1.94 bits per heavy atom. The molecule has 0 fully saturated rings. The van der Waals surface area contributed by atoms with E-state index in [1.807, 2.05) is 0 Å². The lowest BCUT2D eigenvalue weighted by atomic mass is 10.0. The molecule has 0 bridgehead atoms. The van der Waals surface area contributed by atoms with Crippen LogP contribution in [0.4, 0.5) is 8.78 Å². The molecule has 0 aliphatic carbocycles. The molecule has 0 saturated carbocycles. The molecule has 0 amide bonds. The van der Waals surface area contributed by atoms with E-state index < -0.39 is 34.8 Å². The largest absolute Gasteiger partial charge is 0.466 e. The Kier molecular flexibility index (Phi) is 3.73. The molecule has 0 aliphatic rings. The van der Waals surface area contributed by atoms with E-state index in [9.17, 15) is 18.7 Å². The number of ether oxygens (including phenoxy) is 1. The van der Waals surface area contributed by atoms with Crippen molar-refractivity contribution in [1.82, 2.24) is 0 Å². The molecule has 1 aromatic rings. The molecule has 0 saturated heterocycles. The van der Waals surface area contributed by atoms with Gasteiger partial charge in [-0.1, -0.05) is 12.6 Å². The van der Waals surface area contributed by atoms with Crippen LogP contribution >= 0.6 is 0 Å². The number of carbonyl (C=O) groups excluding carboxylic acids is 1. The molecule has 1 atom stereocenters. The molecule has 86 valence electrons. The second-order valence-electron chi connectivity index (χ2n) is 3.05. The Morgan fingerprint density at radius 1 is 1.44 bits per heavy atom. The third-order valence-corrected chi connectivity index (χ3v) is 2.05. The first-order chi connectivity index (χ1) is 7.49. The Labute approximate surface area is 91.0 Å². The number of carbonyl (C=O) groups is 1. The Hall–Kier alpha value is -1.75. The minimum atomic E-state index is -1.76. The monoisotopic (exact) mass is 228 g/mol. The number of methoxy groups -OCH3 is 1. The van der Waals surface area contributed by atoms with Gasteiger partial charge in [0, 0.05) is 0 Å². The minimum absolute atomic E-state index is 0.425. The first kappa shape index (κ1) is 12.3. The summed E-state index contributed by atoms with van der Waals surface area (Å²) in [6, 6.07) is 3.11. The highest BCUT2D eigenvalue weighted by Crippen LogP contribution is 2.26. The molecule has 1 aromatic carbocycles. The van der Waals surface area contributed by atoms with Crippen LogP contribution < -0.4 is 0 Å². The van der Waals surface area contributed by atoms with Crippen molar-refractivity contribution in [3.63, 3.8) is 0 Å². The van der Waals surface area contributed by atoms with Crippen LogP contribution in [0.2, 0.25) is 0 Å². The van der Waals surface area contributed by atoms with E-state index in [1.54, 1.807) is 0 Å². The molecule has 5 heteroatoms. The van der Waals surface area contributed by atoms with Crippen LogP contribution in [-0.4, -0.2) is 18.2 Å². The fourth-order valence-corrected chi connectivity index (χ4v) is 1.19. The smallest absolute Gasteiger partial charge is 0.336 e. The standard InChI is InChI=1S/C11H10F2O3/c1-6(11(15)16-2)10(14)9-7(12)4-3-5-8(9)13/h3-5,10,14H,1H2,2H3. The zero-order chi connectivity index (χ0) is 12.3. The maximum atomic E-state index is 13.2. The number of hydrogen-bond donors (Lipinski definition) is 1. The number of rotatable bonds is 3. The van der Waals surface area contributed by atoms with Crippen LogP contribution in [-0.2, 0) is 9.53 Å². The lowest BCUT2D eigenvalue weighted by Crippen LogP contribution is -2.14. The predicted molar refractivity (Wildman–Crippen MR) is 52.5 cm³/mol. The fourth-order valence-electron chi connectivity index (χ4n) is 1.19. The SMILES string of the molecule is C=C(C(=O)OC)C(O)c1c(F)cccc1F. The zero-order valence-corrected chi connectivity index (χ0v) is 8.54. The maximum absolute atomic E-state index is 13.2. The first-order valence-electron chi connectivity index (χ1n) is 4.38. The van der Waals surface area contributed by atoms with Crippen molar-refractivity contribution in [1.29, 1.82) is 0 Å². The topological polar surface area (TPSA) is 46.5 Å². The van der Waals surface area contributed by atoms with Gasteiger partial charge in [-0.15, -0.1) is 0 Å². The average molecular weight is 228 g/mol. The van der Waals surface area contributed by atoms with Gasteiger partial charge in [-0.05, 0) is 12.1 Å². The van der Waals surface area contributed by atoms with Crippen LogP contribution in [0, 0.1) is 11.6 Å². The van der Waals surface area contributed by atoms with Crippen LogP contribution in [0.25, 0.3) is 0 Å². The second-order valence-corrected chi connectivity index (χ2v) is 3.05. The first-order valence-corrected chi connectivity index (χ1v) is 4.38. The molecule has 1 unspecified atom stereocenters. The van der Waals surface area contributed by atoms with Crippen molar-refractivity contribution in [3.05, 3.63) is 47.5 Å². The van der Waals surface area contributed by atoms with Crippen LogP contribution in [0.15, 0.2) is 30.4 Å². The molecule has 0 heterocycles. The van der Waals surface area contributed by atoms with E-state index in [1.165, 1.54) is 0 Å². The highest BCUT2D eigenvalue weighted by molar-refractivity contribution is 5.89. The molecule has 0 aliphatic heterocycles. The van der Waals surface area contributed by atoms with E-state index in [-0.39, 0.29) is 0 Å². The predicted octanol–water partition coefficient (Wildman–Crippen LogP) is 1.73. The molecule has 0 radical (unpaired) electrons. The number of aliphatic hydroxyl groups is 1. The number of benzene rings is 1. The van der Waals surface area contributed by atoms with Gasteiger partial charge >= 0.3 is 5.97 Å². The number of hydrogen-bond acceptors (Lipinski definition) is 3. The maximum Gasteiger partial charge on any atom is 0.336 e. The van der Waals surface area contributed by atoms with Gasteiger partial charge in [-0.25, -0.2) is 13.6 Å². The number of aliphatic hydroxyl groups excluding tert-OH is 1. The molecular weight excluding hydrogens is 218 g/mol. The summed E-state index contributed by atoms with van der Waals surface area (Å²) in [6.07, 6.45) is -1.76. The fraction of sp³-hybridized carbons (Fsp3) is 0.182. The third kappa shape index (κ3) is 2.25. The molecule has 3 nitrogen and oxygen atoms in total. The van der Waals surface area contributed by atoms with Gasteiger partial charge in [-0.2, -0.15) is 0 Å². The number of halogens is 2. The third-order valence-electron chi connectivity index (χ3n) is 2.05. The average Bonchev–Trinajstić information content (AvgIpc) is 2.26. The molecule has 1 rings (SSSR count).